The number of nitrogens with two attached hydrogens (primary N) is 1. The van der Waals surface area contributed by atoms with Crippen LogP contribution in [0.2, 0.25) is 0 Å². The first kappa shape index (κ1) is 25.0. The summed E-state index contributed by atoms with van der Waals surface area (Å²) in [4.78, 5) is 40.3. The smallest absolute Gasteiger partial charge is 0.259 e. The van der Waals surface area contributed by atoms with E-state index in [1.807, 2.05) is 0 Å². The number of amides is 2. The van der Waals surface area contributed by atoms with Crippen molar-refractivity contribution < 1.29 is 18.7 Å². The maximum Gasteiger partial charge on any atom is 0.259 e. The second-order valence-corrected chi connectivity index (χ2v) is 8.76. The Bertz CT molecular complexity index is 1520. The molecule has 3 aromatic heterocycles. The number of carbonyl (C=O) groups is 2. The highest BCUT2D eigenvalue weighted by Crippen LogP contribution is 2.36. The van der Waals surface area contributed by atoms with Crippen molar-refractivity contribution in [2.45, 2.75) is 18.9 Å². The number of benzene rings is 1. The first-order chi connectivity index (χ1) is 18.5. The van der Waals surface area contributed by atoms with E-state index in [1.54, 1.807) is 59.1 Å². The van der Waals surface area contributed by atoms with Crippen molar-refractivity contribution in [2.24, 2.45) is 0 Å². The molecule has 1 fully saturated rings. The zero-order chi connectivity index (χ0) is 26.6. The number of likely N-dealkylation sites (tertiary alicyclic amines) is 1. The Hall–Kier alpha value is -4.64. The zero-order valence-electron chi connectivity index (χ0n) is 20.7. The van der Waals surface area contributed by atoms with Crippen LogP contribution in [0.5, 0.6) is 0 Å². The number of hydrogen-bond donors (Lipinski definition) is 2. The first-order valence-electron chi connectivity index (χ1n) is 12.1. The predicted molar refractivity (Wildman–Crippen MR) is 140 cm³/mol. The summed E-state index contributed by atoms with van der Waals surface area (Å²) in [7, 11) is 1.56. The molecule has 38 heavy (non-hydrogen) atoms. The molecule has 11 heteroatoms. The van der Waals surface area contributed by atoms with Gasteiger partial charge in [-0.3, -0.25) is 14.0 Å². The number of nitrogen functional groups attached to an aromatic ring is 1. The lowest BCUT2D eigenvalue weighted by molar-refractivity contribution is -0.127. The summed E-state index contributed by atoms with van der Waals surface area (Å²) in [5.41, 5.74) is 7.45. The third-order valence-electron chi connectivity index (χ3n) is 6.36. The number of carbonyl (C=O) groups excluding carboxylic acids is 2. The highest BCUT2D eigenvalue weighted by molar-refractivity contribution is 6.04. The van der Waals surface area contributed by atoms with Gasteiger partial charge in [0, 0.05) is 43.9 Å². The van der Waals surface area contributed by atoms with Gasteiger partial charge in [-0.15, -0.1) is 0 Å². The van der Waals surface area contributed by atoms with Gasteiger partial charge >= 0.3 is 0 Å². The number of ether oxygens (including phenoxy) is 1. The van der Waals surface area contributed by atoms with Crippen LogP contribution in [0, 0.1) is 5.82 Å². The molecule has 1 saturated heterocycles. The first-order valence-corrected chi connectivity index (χ1v) is 12.1. The summed E-state index contributed by atoms with van der Waals surface area (Å²) in [5, 5.41) is 2.58. The molecular formula is C27H26FN7O3. The average molecular weight is 516 g/mol. The number of rotatable bonds is 7. The van der Waals surface area contributed by atoms with Gasteiger partial charge in [-0.1, -0.05) is 18.2 Å². The van der Waals surface area contributed by atoms with Crippen molar-refractivity contribution in [1.82, 2.24) is 24.3 Å². The second-order valence-electron chi connectivity index (χ2n) is 8.76. The summed E-state index contributed by atoms with van der Waals surface area (Å²) in [5.74, 6) is -0.341. The Kier molecular flexibility index (Phi) is 7.09. The number of nitrogens with one attached hydrogen (secondary N) is 1. The highest BCUT2D eigenvalue weighted by Gasteiger charge is 2.33. The SMILES string of the molecule is COC/C=C/C(=O)N1CCCC1c1nc(-c2ccc(C(=O)Nc3ccccn3)c(F)c2)c2c(N)nccn12. The van der Waals surface area contributed by atoms with Crippen LogP contribution in [0.1, 0.15) is 35.1 Å². The molecule has 1 aromatic carbocycles. The molecule has 1 atom stereocenters. The molecule has 4 heterocycles. The van der Waals surface area contributed by atoms with Crippen molar-refractivity contribution in [3.8, 4) is 11.3 Å². The quantitative estimate of drug-likeness (QED) is 0.360. The summed E-state index contributed by atoms with van der Waals surface area (Å²) in [6, 6.07) is 9.00. The Morgan fingerprint density at radius 2 is 2.11 bits per heavy atom. The molecule has 0 radical (unpaired) electrons. The molecule has 1 unspecified atom stereocenters. The Labute approximate surface area is 218 Å². The minimum absolute atomic E-state index is 0.135. The molecule has 194 valence electrons. The summed E-state index contributed by atoms with van der Waals surface area (Å²) in [6.45, 7) is 0.921. The maximum absolute atomic E-state index is 15.2. The van der Waals surface area contributed by atoms with E-state index in [-0.39, 0.29) is 23.3 Å². The van der Waals surface area contributed by atoms with E-state index in [1.165, 1.54) is 24.4 Å². The molecule has 0 bridgehead atoms. The Morgan fingerprint density at radius 3 is 2.87 bits per heavy atom. The third-order valence-corrected chi connectivity index (χ3v) is 6.36. The molecule has 2 amide bonds. The highest BCUT2D eigenvalue weighted by atomic mass is 19.1. The van der Waals surface area contributed by atoms with Gasteiger partial charge in [-0.25, -0.2) is 19.3 Å². The van der Waals surface area contributed by atoms with Crippen LogP contribution in [0.3, 0.4) is 0 Å². The van der Waals surface area contributed by atoms with E-state index in [0.29, 0.717) is 48.0 Å². The van der Waals surface area contributed by atoms with Gasteiger partial charge in [-0.05, 0) is 37.1 Å². The summed E-state index contributed by atoms with van der Waals surface area (Å²) < 4.78 is 22.0. The molecule has 1 aliphatic heterocycles. The third kappa shape index (κ3) is 4.83. The zero-order valence-corrected chi connectivity index (χ0v) is 20.7. The maximum atomic E-state index is 15.2. The lowest BCUT2D eigenvalue weighted by Gasteiger charge is -2.22. The minimum atomic E-state index is -0.720. The molecule has 0 spiro atoms. The predicted octanol–water partition coefficient (Wildman–Crippen LogP) is 3.63. The number of anilines is 2. The van der Waals surface area contributed by atoms with E-state index in [4.69, 9.17) is 15.5 Å². The van der Waals surface area contributed by atoms with E-state index < -0.39 is 11.7 Å². The molecule has 0 aliphatic carbocycles. The van der Waals surface area contributed by atoms with Crippen molar-refractivity contribution in [3.63, 3.8) is 0 Å². The minimum Gasteiger partial charge on any atom is -0.382 e. The lowest BCUT2D eigenvalue weighted by Crippen LogP contribution is -2.30. The van der Waals surface area contributed by atoms with Gasteiger partial charge in [0.15, 0.2) is 0 Å². The number of pyridine rings is 1. The standard InChI is InChI=1S/C27H26FN7O3/c1-38-15-5-8-22(36)34-13-4-6-20(34)26-33-23(24-25(29)31-12-14-35(24)26)17-9-10-18(19(28)16-17)27(37)32-21-7-2-3-11-30-21/h2-3,5,7-12,14,16,20H,4,6,13,15H2,1H3,(H2,29,31)(H,30,32,37)/b8-5+. The van der Waals surface area contributed by atoms with Crippen molar-refractivity contribution in [1.29, 1.82) is 0 Å². The summed E-state index contributed by atoms with van der Waals surface area (Å²) >= 11 is 0. The van der Waals surface area contributed by atoms with Crippen molar-refractivity contribution >= 4 is 29.0 Å². The topological polar surface area (TPSA) is 128 Å². The number of aromatic nitrogens is 4. The lowest BCUT2D eigenvalue weighted by atomic mass is 10.1. The van der Waals surface area contributed by atoms with Crippen LogP contribution < -0.4 is 11.1 Å². The number of methoxy groups -OCH3 is 1. The number of imidazole rings is 1. The molecule has 0 saturated carbocycles. The molecular weight excluding hydrogens is 489 g/mol. The van der Waals surface area contributed by atoms with Crippen molar-refractivity contribution in [2.75, 3.05) is 31.3 Å². The van der Waals surface area contributed by atoms with Crippen LogP contribution in [0.25, 0.3) is 16.8 Å². The fourth-order valence-electron chi connectivity index (χ4n) is 4.63. The molecule has 1 aliphatic rings. The van der Waals surface area contributed by atoms with Gasteiger partial charge in [0.05, 0.1) is 18.2 Å². The van der Waals surface area contributed by atoms with Crippen LogP contribution >= 0.6 is 0 Å². The monoisotopic (exact) mass is 515 g/mol. The van der Waals surface area contributed by atoms with E-state index in [0.717, 1.165) is 6.42 Å². The van der Waals surface area contributed by atoms with Crippen LogP contribution in [0.15, 0.2) is 67.1 Å². The fraction of sp³-hybridized carbons (Fsp3) is 0.222. The normalized spacial score (nSPS) is 15.4. The van der Waals surface area contributed by atoms with Gasteiger partial charge in [0.2, 0.25) is 5.91 Å². The van der Waals surface area contributed by atoms with Gasteiger partial charge in [-0.2, -0.15) is 0 Å². The number of halogens is 1. The van der Waals surface area contributed by atoms with E-state index in [2.05, 4.69) is 15.3 Å². The van der Waals surface area contributed by atoms with Crippen LogP contribution in [-0.4, -0.2) is 56.3 Å². The number of fused-ring (bicyclic) bond motifs is 1. The molecule has 3 N–H and O–H groups in total. The van der Waals surface area contributed by atoms with E-state index in [9.17, 15) is 9.59 Å². The molecule has 4 aromatic rings. The van der Waals surface area contributed by atoms with Gasteiger partial charge < -0.3 is 20.7 Å². The molecule has 10 nitrogen and oxygen atoms in total. The van der Waals surface area contributed by atoms with Gasteiger partial charge in [0.1, 0.15) is 34.5 Å². The second kappa shape index (κ2) is 10.8. The Balaban J connectivity index is 1.50. The van der Waals surface area contributed by atoms with Crippen LogP contribution in [0.4, 0.5) is 16.0 Å². The van der Waals surface area contributed by atoms with E-state index >= 15 is 4.39 Å². The van der Waals surface area contributed by atoms with Crippen molar-refractivity contribution in [3.05, 3.63) is 84.3 Å². The molecule has 5 rings (SSSR count). The number of hydrogen-bond acceptors (Lipinski definition) is 7. The number of nitrogens with zero attached hydrogens (tertiary/aromatic N) is 5. The van der Waals surface area contributed by atoms with Crippen LogP contribution in [-0.2, 0) is 9.53 Å². The summed E-state index contributed by atoms with van der Waals surface area (Å²) in [6.07, 6.45) is 9.51. The Morgan fingerprint density at radius 1 is 1.24 bits per heavy atom. The van der Waals surface area contributed by atoms with Gasteiger partial charge in [0.25, 0.3) is 5.91 Å². The fourth-order valence-corrected chi connectivity index (χ4v) is 4.63. The largest absolute Gasteiger partial charge is 0.382 e. The average Bonchev–Trinajstić information content (AvgIpc) is 3.55.